The molecule has 0 saturated heterocycles. The van der Waals surface area contributed by atoms with E-state index in [4.69, 9.17) is 11.6 Å². The van der Waals surface area contributed by atoms with Gasteiger partial charge >= 0.3 is 0 Å². The molecule has 2 aromatic heterocycles. The fraction of sp³-hybridized carbons (Fsp3) is 0.500. The summed E-state index contributed by atoms with van der Waals surface area (Å²) in [4.78, 5) is 4.41. The maximum Gasteiger partial charge on any atom is 0.243 e. The molecule has 0 amide bonds. The Morgan fingerprint density at radius 2 is 2.18 bits per heavy atom. The summed E-state index contributed by atoms with van der Waals surface area (Å²) in [7, 11) is 0. The minimum absolute atomic E-state index is 0.392. The zero-order valence-corrected chi connectivity index (χ0v) is 11.1. The van der Waals surface area contributed by atoms with Crippen molar-refractivity contribution in [3.8, 4) is 0 Å². The Hall–Kier alpha value is -1.29. The van der Waals surface area contributed by atoms with E-state index in [1.165, 1.54) is 0 Å². The summed E-state index contributed by atoms with van der Waals surface area (Å²) < 4.78 is 1.69. The average Bonchev–Trinajstić information content (AvgIpc) is 2.66. The van der Waals surface area contributed by atoms with Crippen LogP contribution in [0.2, 0.25) is 5.02 Å². The summed E-state index contributed by atoms with van der Waals surface area (Å²) in [6.07, 6.45) is 2.80. The highest BCUT2D eigenvalue weighted by molar-refractivity contribution is 6.30. The molecule has 0 fully saturated rings. The van der Waals surface area contributed by atoms with E-state index in [1.54, 1.807) is 10.7 Å². The summed E-state index contributed by atoms with van der Waals surface area (Å²) in [6.45, 7) is 6.53. The molecule has 0 aromatic carbocycles. The second-order valence-electron chi connectivity index (χ2n) is 4.49. The van der Waals surface area contributed by atoms with Gasteiger partial charge in [0, 0.05) is 12.2 Å². The van der Waals surface area contributed by atoms with Crippen molar-refractivity contribution in [3.05, 3.63) is 23.4 Å². The molecule has 0 aliphatic heterocycles. The minimum atomic E-state index is 0.392. The van der Waals surface area contributed by atoms with Crippen LogP contribution in [0.5, 0.6) is 0 Å². The molecule has 0 saturated carbocycles. The van der Waals surface area contributed by atoms with Gasteiger partial charge in [0.25, 0.3) is 0 Å². The highest BCUT2D eigenvalue weighted by Gasteiger charge is 2.13. The molecule has 2 rings (SSSR count). The van der Waals surface area contributed by atoms with Gasteiger partial charge in [0.1, 0.15) is 0 Å². The second kappa shape index (κ2) is 4.92. The largest absolute Gasteiger partial charge is 0.350 e. The summed E-state index contributed by atoms with van der Waals surface area (Å²) in [5.74, 6) is 1.21. The van der Waals surface area contributed by atoms with E-state index in [0.717, 1.165) is 12.1 Å². The Balaban J connectivity index is 2.24. The molecular weight excluding hydrogens is 236 g/mol. The van der Waals surface area contributed by atoms with Crippen LogP contribution in [0, 0.1) is 5.92 Å². The predicted octanol–water partition coefficient (Wildman–Crippen LogP) is 3.23. The van der Waals surface area contributed by atoms with Gasteiger partial charge in [-0.05, 0) is 24.5 Å². The fourth-order valence-electron chi connectivity index (χ4n) is 1.83. The Kier molecular flexibility index (Phi) is 3.52. The first-order valence-corrected chi connectivity index (χ1v) is 6.26. The van der Waals surface area contributed by atoms with Gasteiger partial charge in [-0.2, -0.15) is 4.98 Å². The molecule has 0 spiro atoms. The van der Waals surface area contributed by atoms with Crippen LogP contribution in [0.3, 0.4) is 0 Å². The van der Waals surface area contributed by atoms with Gasteiger partial charge < -0.3 is 5.32 Å². The molecule has 1 unspecified atom stereocenters. The van der Waals surface area contributed by atoms with E-state index in [2.05, 4.69) is 36.2 Å². The molecule has 2 aromatic rings. The number of hydrogen-bond acceptors (Lipinski definition) is 3. The van der Waals surface area contributed by atoms with E-state index in [-0.39, 0.29) is 0 Å². The third kappa shape index (κ3) is 2.69. The number of anilines is 1. The van der Waals surface area contributed by atoms with Crippen LogP contribution < -0.4 is 5.32 Å². The molecule has 5 heteroatoms. The van der Waals surface area contributed by atoms with E-state index < -0.39 is 0 Å². The highest BCUT2D eigenvalue weighted by Crippen LogP contribution is 2.14. The van der Waals surface area contributed by atoms with Crippen molar-refractivity contribution in [3.63, 3.8) is 0 Å². The van der Waals surface area contributed by atoms with E-state index in [9.17, 15) is 0 Å². The third-order valence-corrected chi connectivity index (χ3v) is 3.08. The lowest BCUT2D eigenvalue weighted by Crippen LogP contribution is -2.25. The molecule has 1 atom stereocenters. The SMILES string of the molecule is CCC(Nc1nc2ccc(Cl)cn2n1)C(C)C. The van der Waals surface area contributed by atoms with Crippen molar-refractivity contribution >= 4 is 23.2 Å². The normalized spacial score (nSPS) is 13.2. The number of pyridine rings is 1. The van der Waals surface area contributed by atoms with Crippen molar-refractivity contribution in [2.75, 3.05) is 5.32 Å². The van der Waals surface area contributed by atoms with Gasteiger partial charge in [-0.15, -0.1) is 5.10 Å². The van der Waals surface area contributed by atoms with Crippen LogP contribution in [-0.2, 0) is 0 Å². The fourth-order valence-corrected chi connectivity index (χ4v) is 1.98. The van der Waals surface area contributed by atoms with Crippen molar-refractivity contribution < 1.29 is 0 Å². The van der Waals surface area contributed by atoms with E-state index in [0.29, 0.717) is 22.9 Å². The Labute approximate surface area is 106 Å². The first-order chi connectivity index (χ1) is 8.10. The van der Waals surface area contributed by atoms with Crippen LogP contribution in [0.15, 0.2) is 18.3 Å². The Bertz CT molecular complexity index is 506. The molecule has 92 valence electrons. The van der Waals surface area contributed by atoms with E-state index >= 15 is 0 Å². The molecule has 0 aliphatic carbocycles. The highest BCUT2D eigenvalue weighted by atomic mass is 35.5. The van der Waals surface area contributed by atoms with Gasteiger partial charge in [-0.3, -0.25) is 0 Å². The van der Waals surface area contributed by atoms with Crippen molar-refractivity contribution in [1.29, 1.82) is 0 Å². The van der Waals surface area contributed by atoms with Crippen molar-refractivity contribution in [1.82, 2.24) is 14.6 Å². The first kappa shape index (κ1) is 12.2. The number of rotatable bonds is 4. The van der Waals surface area contributed by atoms with Crippen LogP contribution in [0.4, 0.5) is 5.95 Å². The monoisotopic (exact) mass is 252 g/mol. The third-order valence-electron chi connectivity index (χ3n) is 2.85. The molecule has 2 heterocycles. The maximum atomic E-state index is 5.90. The summed E-state index contributed by atoms with van der Waals surface area (Å²) in [6, 6.07) is 4.06. The summed E-state index contributed by atoms with van der Waals surface area (Å²) >= 11 is 5.90. The van der Waals surface area contributed by atoms with Gasteiger partial charge in [0.05, 0.1) is 5.02 Å². The smallest absolute Gasteiger partial charge is 0.243 e. The number of halogens is 1. The molecule has 17 heavy (non-hydrogen) atoms. The molecule has 4 nitrogen and oxygen atoms in total. The van der Waals surface area contributed by atoms with Crippen LogP contribution in [0.25, 0.3) is 5.65 Å². The zero-order valence-electron chi connectivity index (χ0n) is 10.3. The molecule has 1 N–H and O–H groups in total. The zero-order chi connectivity index (χ0) is 12.4. The number of nitrogens with zero attached hydrogens (tertiary/aromatic N) is 3. The van der Waals surface area contributed by atoms with Crippen molar-refractivity contribution in [2.24, 2.45) is 5.92 Å². The quantitative estimate of drug-likeness (QED) is 0.909. The number of hydrogen-bond donors (Lipinski definition) is 1. The lowest BCUT2D eigenvalue weighted by Gasteiger charge is -2.19. The summed E-state index contributed by atoms with van der Waals surface area (Å²) in [5, 5.41) is 8.36. The summed E-state index contributed by atoms with van der Waals surface area (Å²) in [5.41, 5.74) is 0.801. The Morgan fingerprint density at radius 3 is 2.82 bits per heavy atom. The molecular formula is C12H17ClN4. The Morgan fingerprint density at radius 1 is 1.41 bits per heavy atom. The number of nitrogens with one attached hydrogen (secondary N) is 1. The van der Waals surface area contributed by atoms with E-state index in [1.807, 2.05) is 12.1 Å². The van der Waals surface area contributed by atoms with Crippen LogP contribution >= 0.6 is 11.6 Å². The van der Waals surface area contributed by atoms with Gasteiger partial charge in [0.2, 0.25) is 5.95 Å². The molecule has 0 bridgehead atoms. The standard InChI is InChI=1S/C12H17ClN4/c1-4-10(8(2)3)14-12-15-11-6-5-9(13)7-17(11)16-12/h5-8,10H,4H2,1-3H3,(H,14,16). The topological polar surface area (TPSA) is 42.2 Å². The number of fused-ring (bicyclic) bond motifs is 1. The van der Waals surface area contributed by atoms with Crippen molar-refractivity contribution in [2.45, 2.75) is 33.2 Å². The van der Waals surface area contributed by atoms with Gasteiger partial charge in [-0.1, -0.05) is 32.4 Å². The number of aromatic nitrogens is 3. The lowest BCUT2D eigenvalue weighted by atomic mass is 10.0. The second-order valence-corrected chi connectivity index (χ2v) is 4.93. The predicted molar refractivity (Wildman–Crippen MR) is 70.5 cm³/mol. The van der Waals surface area contributed by atoms with Crippen LogP contribution in [-0.4, -0.2) is 20.6 Å². The lowest BCUT2D eigenvalue weighted by molar-refractivity contribution is 0.508. The average molecular weight is 253 g/mol. The molecule has 0 aliphatic rings. The minimum Gasteiger partial charge on any atom is -0.350 e. The van der Waals surface area contributed by atoms with Gasteiger partial charge in [0.15, 0.2) is 5.65 Å². The molecule has 0 radical (unpaired) electrons. The maximum absolute atomic E-state index is 5.90. The van der Waals surface area contributed by atoms with Crippen LogP contribution in [0.1, 0.15) is 27.2 Å². The van der Waals surface area contributed by atoms with Gasteiger partial charge in [-0.25, -0.2) is 4.52 Å². The first-order valence-electron chi connectivity index (χ1n) is 5.88.